The van der Waals surface area contributed by atoms with E-state index in [0.29, 0.717) is 13.2 Å². The summed E-state index contributed by atoms with van der Waals surface area (Å²) in [6.45, 7) is 3.04. The molecule has 1 atom stereocenters. The molecule has 0 aromatic rings. The van der Waals surface area contributed by atoms with E-state index in [2.05, 4.69) is 0 Å². The van der Waals surface area contributed by atoms with Crippen molar-refractivity contribution in [2.75, 3.05) is 19.8 Å². The number of carboxylic acids is 1. The molecule has 0 aliphatic carbocycles. The smallest absolute Gasteiger partial charge is 0.305 e. The molecular formula is C12H17NO4. The van der Waals surface area contributed by atoms with Crippen LogP contribution in [0.15, 0.2) is 24.3 Å². The Morgan fingerprint density at radius 1 is 1.47 bits per heavy atom. The van der Waals surface area contributed by atoms with Crippen molar-refractivity contribution < 1.29 is 19.4 Å². The van der Waals surface area contributed by atoms with E-state index in [0.717, 1.165) is 0 Å². The number of aliphatic carboxylic acids is 1. The molecule has 1 heterocycles. The minimum absolute atomic E-state index is 0.0802. The first-order chi connectivity index (χ1) is 8.15. The number of carbonyl (C=O) groups excluding carboxylic acids is 1. The summed E-state index contributed by atoms with van der Waals surface area (Å²) in [6, 6.07) is -0.371. The van der Waals surface area contributed by atoms with Crippen LogP contribution in [0.4, 0.5) is 0 Å². The molecule has 1 unspecified atom stereocenters. The first-order valence-electron chi connectivity index (χ1n) is 5.54. The molecule has 94 valence electrons. The second-order valence-electron chi connectivity index (χ2n) is 3.74. The number of ether oxygens (including phenoxy) is 1. The van der Waals surface area contributed by atoms with Gasteiger partial charge in [0.1, 0.15) is 0 Å². The highest BCUT2D eigenvalue weighted by atomic mass is 16.5. The number of morpholine rings is 1. The quantitative estimate of drug-likeness (QED) is 0.582. The van der Waals surface area contributed by atoms with Crippen LogP contribution < -0.4 is 0 Å². The van der Waals surface area contributed by atoms with Gasteiger partial charge in [-0.1, -0.05) is 18.2 Å². The molecule has 5 heteroatoms. The maximum absolute atomic E-state index is 11.8. The van der Waals surface area contributed by atoms with Gasteiger partial charge in [-0.2, -0.15) is 0 Å². The van der Waals surface area contributed by atoms with Crippen molar-refractivity contribution in [1.82, 2.24) is 4.90 Å². The topological polar surface area (TPSA) is 66.8 Å². The van der Waals surface area contributed by atoms with Crippen LogP contribution in [0.3, 0.4) is 0 Å². The highest BCUT2D eigenvalue weighted by molar-refractivity contribution is 5.88. The number of carbonyl (C=O) groups is 2. The van der Waals surface area contributed by atoms with Gasteiger partial charge in [-0.25, -0.2) is 0 Å². The summed E-state index contributed by atoms with van der Waals surface area (Å²) in [7, 11) is 0. The standard InChI is InChI=1S/C12H17NO4/c1-2-3-4-5-11(14)13-6-7-17-9-10(13)8-12(15)16/h2-5,10H,6-9H2,1H3,(H,15,16). The molecule has 1 amide bonds. The van der Waals surface area contributed by atoms with Gasteiger partial charge in [-0.3, -0.25) is 9.59 Å². The van der Waals surface area contributed by atoms with Crippen molar-refractivity contribution in [3.63, 3.8) is 0 Å². The molecule has 1 saturated heterocycles. The predicted octanol–water partition coefficient (Wildman–Crippen LogP) is 0.821. The van der Waals surface area contributed by atoms with Crippen LogP contribution in [0.5, 0.6) is 0 Å². The molecule has 1 rings (SSSR count). The maximum Gasteiger partial charge on any atom is 0.305 e. The number of rotatable bonds is 4. The van der Waals surface area contributed by atoms with Crippen LogP contribution in [-0.4, -0.2) is 47.7 Å². The highest BCUT2D eigenvalue weighted by Gasteiger charge is 2.27. The van der Waals surface area contributed by atoms with Gasteiger partial charge < -0.3 is 14.7 Å². The minimum atomic E-state index is -0.921. The van der Waals surface area contributed by atoms with Crippen molar-refractivity contribution in [3.05, 3.63) is 24.3 Å². The Bertz CT molecular complexity index is 335. The zero-order valence-corrected chi connectivity index (χ0v) is 9.83. The van der Waals surface area contributed by atoms with Crippen molar-refractivity contribution in [2.24, 2.45) is 0 Å². The molecule has 5 nitrogen and oxygen atoms in total. The molecule has 0 aromatic heterocycles. The van der Waals surface area contributed by atoms with Gasteiger partial charge >= 0.3 is 5.97 Å². The maximum atomic E-state index is 11.8. The van der Waals surface area contributed by atoms with Crippen molar-refractivity contribution in [2.45, 2.75) is 19.4 Å². The largest absolute Gasteiger partial charge is 0.481 e. The Kier molecular flexibility index (Phi) is 5.42. The van der Waals surface area contributed by atoms with E-state index in [9.17, 15) is 9.59 Å². The fraction of sp³-hybridized carbons (Fsp3) is 0.500. The summed E-state index contributed by atoms with van der Waals surface area (Å²) < 4.78 is 5.19. The minimum Gasteiger partial charge on any atom is -0.481 e. The Labute approximate surface area is 100 Å². The van der Waals surface area contributed by atoms with Gasteiger partial charge in [0.15, 0.2) is 0 Å². The average Bonchev–Trinajstić information content (AvgIpc) is 2.29. The number of nitrogens with zero attached hydrogens (tertiary/aromatic N) is 1. The number of allylic oxidation sites excluding steroid dienone is 3. The molecule has 1 N–H and O–H groups in total. The van der Waals surface area contributed by atoms with Gasteiger partial charge in [0.2, 0.25) is 5.91 Å². The van der Waals surface area contributed by atoms with E-state index in [4.69, 9.17) is 9.84 Å². The van der Waals surface area contributed by atoms with Crippen LogP contribution in [0, 0.1) is 0 Å². The van der Waals surface area contributed by atoms with Crippen LogP contribution in [-0.2, 0) is 14.3 Å². The van der Waals surface area contributed by atoms with E-state index in [-0.39, 0.29) is 25.0 Å². The molecule has 0 bridgehead atoms. The zero-order valence-electron chi connectivity index (χ0n) is 9.83. The first kappa shape index (κ1) is 13.4. The van der Waals surface area contributed by atoms with Gasteiger partial charge in [0.05, 0.1) is 25.7 Å². The van der Waals surface area contributed by atoms with Gasteiger partial charge in [-0.15, -0.1) is 0 Å². The lowest BCUT2D eigenvalue weighted by molar-refractivity contribution is -0.143. The molecule has 0 saturated carbocycles. The van der Waals surface area contributed by atoms with Crippen molar-refractivity contribution in [3.8, 4) is 0 Å². The second-order valence-corrected chi connectivity index (χ2v) is 3.74. The third-order valence-corrected chi connectivity index (χ3v) is 2.46. The van der Waals surface area contributed by atoms with Gasteiger partial charge in [0.25, 0.3) is 0 Å². The van der Waals surface area contributed by atoms with Crippen LogP contribution in [0.2, 0.25) is 0 Å². The Hall–Kier alpha value is -1.62. The Morgan fingerprint density at radius 3 is 2.88 bits per heavy atom. The normalized spacial score (nSPS) is 21.2. The molecule has 17 heavy (non-hydrogen) atoms. The predicted molar refractivity (Wildman–Crippen MR) is 62.5 cm³/mol. The van der Waals surface area contributed by atoms with E-state index < -0.39 is 5.97 Å². The third kappa shape index (κ3) is 4.40. The van der Waals surface area contributed by atoms with Crippen LogP contribution >= 0.6 is 0 Å². The average molecular weight is 239 g/mol. The summed E-state index contributed by atoms with van der Waals surface area (Å²) in [5.41, 5.74) is 0. The summed E-state index contributed by atoms with van der Waals surface area (Å²) >= 11 is 0. The summed E-state index contributed by atoms with van der Waals surface area (Å²) in [5.74, 6) is -1.09. The molecular weight excluding hydrogens is 222 g/mol. The monoisotopic (exact) mass is 239 g/mol. The molecule has 0 radical (unpaired) electrons. The molecule has 0 aromatic carbocycles. The zero-order chi connectivity index (χ0) is 12.7. The molecule has 1 aliphatic heterocycles. The van der Waals surface area contributed by atoms with Crippen LogP contribution in [0.1, 0.15) is 13.3 Å². The fourth-order valence-corrected chi connectivity index (χ4v) is 1.66. The summed E-state index contributed by atoms with van der Waals surface area (Å²) in [6.07, 6.45) is 6.58. The third-order valence-electron chi connectivity index (χ3n) is 2.46. The van der Waals surface area contributed by atoms with Gasteiger partial charge in [0, 0.05) is 12.6 Å². The summed E-state index contributed by atoms with van der Waals surface area (Å²) in [4.78, 5) is 24.0. The lowest BCUT2D eigenvalue weighted by Crippen LogP contribution is -2.49. The van der Waals surface area contributed by atoms with Crippen molar-refractivity contribution in [1.29, 1.82) is 0 Å². The van der Waals surface area contributed by atoms with E-state index in [1.54, 1.807) is 17.1 Å². The fourth-order valence-electron chi connectivity index (χ4n) is 1.66. The van der Waals surface area contributed by atoms with E-state index in [1.165, 1.54) is 6.08 Å². The number of hydrogen-bond donors (Lipinski definition) is 1. The highest BCUT2D eigenvalue weighted by Crippen LogP contribution is 2.11. The first-order valence-corrected chi connectivity index (χ1v) is 5.54. The molecule has 0 spiro atoms. The number of amides is 1. The lowest BCUT2D eigenvalue weighted by atomic mass is 10.1. The van der Waals surface area contributed by atoms with Crippen molar-refractivity contribution >= 4 is 11.9 Å². The summed E-state index contributed by atoms with van der Waals surface area (Å²) in [5, 5.41) is 8.76. The van der Waals surface area contributed by atoms with E-state index >= 15 is 0 Å². The Morgan fingerprint density at radius 2 is 2.24 bits per heavy atom. The molecule has 1 aliphatic rings. The SMILES string of the molecule is CC=CC=CC(=O)N1CCOCC1CC(=O)O. The number of carboxylic acid groups (broad SMARTS) is 1. The number of hydrogen-bond acceptors (Lipinski definition) is 3. The van der Waals surface area contributed by atoms with Crippen LogP contribution in [0.25, 0.3) is 0 Å². The Balaban J connectivity index is 2.63. The van der Waals surface area contributed by atoms with Gasteiger partial charge in [-0.05, 0) is 6.92 Å². The molecule has 1 fully saturated rings. The lowest BCUT2D eigenvalue weighted by Gasteiger charge is -2.34. The van der Waals surface area contributed by atoms with E-state index in [1.807, 2.05) is 13.0 Å². The second kappa shape index (κ2) is 6.85.